The van der Waals surface area contributed by atoms with E-state index < -0.39 is 24.5 Å². The molecule has 124 valence electrons. The third kappa shape index (κ3) is 3.19. The predicted molar refractivity (Wildman–Crippen MR) is 78.7 cm³/mol. The molecule has 2 N–H and O–H groups in total. The highest BCUT2D eigenvalue weighted by Gasteiger charge is 2.33. The molecule has 3 rings (SSSR count). The van der Waals surface area contributed by atoms with E-state index in [0.717, 1.165) is 0 Å². The van der Waals surface area contributed by atoms with Gasteiger partial charge in [0, 0.05) is 5.56 Å². The summed E-state index contributed by atoms with van der Waals surface area (Å²) >= 11 is 0. The number of aromatic nitrogens is 3. The molecule has 0 saturated heterocycles. The van der Waals surface area contributed by atoms with Crippen molar-refractivity contribution in [2.45, 2.75) is 6.11 Å². The summed E-state index contributed by atoms with van der Waals surface area (Å²) in [6.45, 7) is -2.03. The van der Waals surface area contributed by atoms with Crippen LogP contribution in [0.15, 0.2) is 36.4 Å². The largest absolute Gasteiger partial charge is 0.428 e. The highest BCUT2D eigenvalue weighted by molar-refractivity contribution is 5.83. The molecule has 9 heteroatoms. The van der Waals surface area contributed by atoms with Gasteiger partial charge in [-0.25, -0.2) is 18.7 Å². The molecule has 1 aromatic carbocycles. The lowest BCUT2D eigenvalue weighted by molar-refractivity contribution is -0.187. The van der Waals surface area contributed by atoms with Gasteiger partial charge in [-0.15, -0.1) is 0 Å². The molecular weight excluding hydrogens is 328 g/mol. The monoisotopic (exact) mass is 338 g/mol. The van der Waals surface area contributed by atoms with Crippen molar-refractivity contribution in [2.24, 2.45) is 0 Å². The zero-order valence-electron chi connectivity index (χ0n) is 12.0. The molecule has 5 nitrogen and oxygen atoms in total. The van der Waals surface area contributed by atoms with E-state index in [1.807, 2.05) is 0 Å². The van der Waals surface area contributed by atoms with Crippen molar-refractivity contribution >= 4 is 17.0 Å². The Morgan fingerprint density at radius 1 is 1.00 bits per heavy atom. The molecule has 0 fully saturated rings. The van der Waals surface area contributed by atoms with Gasteiger partial charge in [0.05, 0.1) is 11.2 Å². The van der Waals surface area contributed by atoms with E-state index in [1.54, 1.807) is 6.07 Å². The third-order valence-corrected chi connectivity index (χ3v) is 3.07. The summed E-state index contributed by atoms with van der Waals surface area (Å²) < 4.78 is 56.0. The van der Waals surface area contributed by atoms with Crippen molar-refractivity contribution in [3.63, 3.8) is 0 Å². The van der Waals surface area contributed by atoms with Crippen molar-refractivity contribution in [1.82, 2.24) is 15.0 Å². The van der Waals surface area contributed by atoms with Gasteiger partial charge >= 0.3 is 6.11 Å². The molecule has 0 saturated carbocycles. The van der Waals surface area contributed by atoms with Crippen LogP contribution in [0.3, 0.4) is 0 Å². The summed E-state index contributed by atoms with van der Waals surface area (Å²) in [5.74, 6) is -1.38. The first-order chi connectivity index (χ1) is 11.4. The lowest BCUT2D eigenvalue weighted by atomic mass is 10.1. The van der Waals surface area contributed by atoms with Gasteiger partial charge in [0.25, 0.3) is 5.88 Å². The maximum absolute atomic E-state index is 13.2. The van der Waals surface area contributed by atoms with Gasteiger partial charge in [-0.1, -0.05) is 0 Å². The lowest BCUT2D eigenvalue weighted by Gasteiger charge is -2.15. The second-order valence-corrected chi connectivity index (χ2v) is 4.83. The summed E-state index contributed by atoms with van der Waals surface area (Å²) in [5.41, 5.74) is 6.37. The third-order valence-electron chi connectivity index (χ3n) is 3.07. The van der Waals surface area contributed by atoms with Crippen LogP contribution in [0.2, 0.25) is 0 Å². The van der Waals surface area contributed by atoms with Gasteiger partial charge in [-0.3, -0.25) is 0 Å². The molecule has 3 aromatic rings. The highest BCUT2D eigenvalue weighted by Crippen LogP contribution is 2.29. The molecule has 2 aromatic heterocycles. The van der Waals surface area contributed by atoms with Crippen molar-refractivity contribution in [3.05, 3.63) is 42.2 Å². The average molecular weight is 338 g/mol. The van der Waals surface area contributed by atoms with Crippen molar-refractivity contribution < 1.29 is 22.3 Å². The highest BCUT2D eigenvalue weighted by atomic mass is 19.3. The van der Waals surface area contributed by atoms with Gasteiger partial charge < -0.3 is 10.5 Å². The van der Waals surface area contributed by atoms with E-state index in [4.69, 9.17) is 5.73 Å². The number of hydrogen-bond donors (Lipinski definition) is 1. The Hall–Kier alpha value is -2.97. The number of nitrogen functional groups attached to an aromatic ring is 1. The maximum atomic E-state index is 13.2. The number of nitrogens with zero attached hydrogens (tertiary/aromatic N) is 3. The number of fused-ring (bicyclic) bond motifs is 1. The van der Waals surface area contributed by atoms with Crippen LogP contribution in [0.5, 0.6) is 5.88 Å². The summed E-state index contributed by atoms with van der Waals surface area (Å²) in [6, 6.07) is 8.43. The molecule has 0 aliphatic rings. The number of hydrogen-bond acceptors (Lipinski definition) is 5. The van der Waals surface area contributed by atoms with E-state index in [1.165, 1.54) is 30.3 Å². The Balaban J connectivity index is 2.13. The normalized spacial score (nSPS) is 11.7. The molecule has 0 bridgehead atoms. The van der Waals surface area contributed by atoms with Gasteiger partial charge in [0.1, 0.15) is 5.82 Å². The fourth-order valence-electron chi connectivity index (χ4n) is 2.03. The quantitative estimate of drug-likeness (QED) is 0.739. The minimum Gasteiger partial charge on any atom is -0.410 e. The molecule has 0 unspecified atom stereocenters. The van der Waals surface area contributed by atoms with Crippen LogP contribution in [0, 0.1) is 5.82 Å². The maximum Gasteiger partial charge on any atom is 0.428 e. The Labute approximate surface area is 133 Å². The van der Waals surface area contributed by atoms with Gasteiger partial charge in [-0.2, -0.15) is 13.8 Å². The Kier molecular flexibility index (Phi) is 3.92. The summed E-state index contributed by atoms with van der Waals surface area (Å²) in [7, 11) is 0. The first-order valence-corrected chi connectivity index (χ1v) is 6.71. The zero-order valence-corrected chi connectivity index (χ0v) is 12.0. The number of anilines is 1. The second kappa shape index (κ2) is 5.91. The second-order valence-electron chi connectivity index (χ2n) is 4.83. The van der Waals surface area contributed by atoms with Gasteiger partial charge in [0.15, 0.2) is 12.2 Å². The first-order valence-electron chi connectivity index (χ1n) is 6.71. The number of pyridine rings is 1. The van der Waals surface area contributed by atoms with E-state index in [-0.39, 0.29) is 17.0 Å². The van der Waals surface area contributed by atoms with Crippen molar-refractivity contribution in [1.29, 1.82) is 0 Å². The molecule has 0 spiro atoms. The zero-order chi connectivity index (χ0) is 17.3. The van der Waals surface area contributed by atoms with Crippen LogP contribution in [-0.4, -0.2) is 27.7 Å². The van der Waals surface area contributed by atoms with E-state index in [2.05, 4.69) is 19.7 Å². The topological polar surface area (TPSA) is 73.9 Å². The van der Waals surface area contributed by atoms with Crippen LogP contribution in [-0.2, 0) is 0 Å². The summed E-state index contributed by atoms with van der Waals surface area (Å²) in [5, 5.41) is 0. The molecule has 0 amide bonds. The first kappa shape index (κ1) is 15.9. The van der Waals surface area contributed by atoms with Gasteiger partial charge in [0.2, 0.25) is 5.95 Å². The van der Waals surface area contributed by atoms with E-state index >= 15 is 0 Å². The number of ether oxygens (including phenoxy) is 1. The van der Waals surface area contributed by atoms with Crippen molar-refractivity contribution in [3.8, 4) is 17.1 Å². The van der Waals surface area contributed by atoms with Crippen LogP contribution >= 0.6 is 0 Å². The smallest absolute Gasteiger partial charge is 0.410 e. The minimum absolute atomic E-state index is 0.112. The number of alkyl halides is 3. The van der Waals surface area contributed by atoms with Gasteiger partial charge in [-0.05, 0) is 36.4 Å². The fourth-order valence-corrected chi connectivity index (χ4v) is 2.03. The molecule has 0 aliphatic carbocycles. The number of nitrogens with two attached hydrogens (primary N) is 1. The van der Waals surface area contributed by atoms with E-state index in [0.29, 0.717) is 11.3 Å². The van der Waals surface area contributed by atoms with E-state index in [9.17, 15) is 17.6 Å². The standard InChI is InChI=1S/C15H10F4N4O/c16-7-15(18,19)24-13-12-11(22-14(20)23-13)6-5-10(21-12)8-1-3-9(17)4-2-8/h1-6H,7H2,(H2,20,22,23). The number of benzene rings is 1. The average Bonchev–Trinajstić information content (AvgIpc) is 2.55. The van der Waals surface area contributed by atoms with Crippen molar-refractivity contribution in [2.75, 3.05) is 12.4 Å². The molecule has 0 atom stereocenters. The van der Waals surface area contributed by atoms with Crippen LogP contribution in [0.4, 0.5) is 23.5 Å². The SMILES string of the molecule is Nc1nc(OC(F)(F)CF)c2nc(-c3ccc(F)cc3)ccc2n1. The van der Waals surface area contributed by atoms with Crippen LogP contribution in [0.25, 0.3) is 22.3 Å². The minimum atomic E-state index is -4.07. The summed E-state index contributed by atoms with van der Waals surface area (Å²) in [6.07, 6.45) is -4.07. The molecular formula is C15H10F4N4O. The summed E-state index contributed by atoms with van der Waals surface area (Å²) in [4.78, 5) is 11.6. The molecule has 2 heterocycles. The number of rotatable bonds is 4. The van der Waals surface area contributed by atoms with Crippen LogP contribution < -0.4 is 10.5 Å². The van der Waals surface area contributed by atoms with Crippen LogP contribution in [0.1, 0.15) is 0 Å². The molecule has 0 aliphatic heterocycles. The lowest BCUT2D eigenvalue weighted by Crippen LogP contribution is -2.28. The fraction of sp³-hybridized carbons (Fsp3) is 0.133. The molecule has 24 heavy (non-hydrogen) atoms. The predicted octanol–water partition coefficient (Wildman–Crippen LogP) is 3.35. The number of halogens is 4. The Bertz CT molecular complexity index is 887. The molecule has 0 radical (unpaired) electrons. The Morgan fingerprint density at radius 3 is 2.38 bits per heavy atom. The Morgan fingerprint density at radius 2 is 1.71 bits per heavy atom.